The number of nitrogens with zero attached hydrogens (tertiary/aromatic N) is 2. The first kappa shape index (κ1) is 17.2. The molecule has 134 valence electrons. The van der Waals surface area contributed by atoms with Crippen molar-refractivity contribution in [3.63, 3.8) is 0 Å². The summed E-state index contributed by atoms with van der Waals surface area (Å²) in [7, 11) is 1.70. The van der Waals surface area contributed by atoms with Gasteiger partial charge in [0.05, 0.1) is 23.9 Å². The topological polar surface area (TPSA) is 35.0 Å². The average molecular weight is 354 g/mol. The van der Waals surface area contributed by atoms with E-state index in [-0.39, 0.29) is 5.41 Å². The second-order valence-corrected chi connectivity index (χ2v) is 7.20. The summed E-state index contributed by atoms with van der Waals surface area (Å²) in [6.45, 7) is 8.13. The molecule has 0 saturated heterocycles. The molecule has 0 bridgehead atoms. The van der Waals surface area contributed by atoms with Crippen LogP contribution in [0.2, 0.25) is 0 Å². The third-order valence-electron chi connectivity index (χ3n) is 5.04. The van der Waals surface area contributed by atoms with Crippen LogP contribution in [0.1, 0.15) is 19.7 Å². The molecular formula is C24H22N2O. The second kappa shape index (κ2) is 6.51. The Bertz CT molecular complexity index is 1160. The van der Waals surface area contributed by atoms with Gasteiger partial charge >= 0.3 is 0 Å². The van der Waals surface area contributed by atoms with Crippen molar-refractivity contribution < 1.29 is 4.74 Å². The third kappa shape index (κ3) is 2.85. The van der Waals surface area contributed by atoms with Gasteiger partial charge in [0.25, 0.3) is 0 Å². The van der Waals surface area contributed by atoms with Crippen molar-refractivity contribution in [1.82, 2.24) is 9.97 Å². The Morgan fingerprint density at radius 3 is 2.33 bits per heavy atom. The number of hydrogen-bond acceptors (Lipinski definition) is 3. The largest absolute Gasteiger partial charge is 0.496 e. The zero-order valence-electron chi connectivity index (χ0n) is 15.9. The summed E-state index contributed by atoms with van der Waals surface area (Å²) in [5.74, 6) is 1.56. The van der Waals surface area contributed by atoms with E-state index in [1.54, 1.807) is 7.11 Å². The Hall–Kier alpha value is -3.20. The van der Waals surface area contributed by atoms with Crippen LogP contribution in [0.5, 0.6) is 5.75 Å². The standard InChI is InChI=1S/C24H22N2O/c1-5-24(2,3)23-25-19-13-9-8-12-18(19)22(26-23)21-17-11-7-6-10-16(17)14-15-20(21)27-4/h5-15H,1H2,2-4H3. The van der Waals surface area contributed by atoms with Gasteiger partial charge in [-0.25, -0.2) is 9.97 Å². The van der Waals surface area contributed by atoms with Gasteiger partial charge in [0, 0.05) is 10.8 Å². The Balaban J connectivity index is 2.16. The van der Waals surface area contributed by atoms with E-state index in [9.17, 15) is 0 Å². The number of para-hydroxylation sites is 1. The van der Waals surface area contributed by atoms with Crippen molar-refractivity contribution in [3.8, 4) is 17.0 Å². The predicted molar refractivity (Wildman–Crippen MR) is 112 cm³/mol. The summed E-state index contributed by atoms with van der Waals surface area (Å²) in [4.78, 5) is 9.83. The highest BCUT2D eigenvalue weighted by atomic mass is 16.5. The molecule has 3 nitrogen and oxygen atoms in total. The van der Waals surface area contributed by atoms with E-state index in [0.29, 0.717) is 0 Å². The normalized spacial score (nSPS) is 11.7. The van der Waals surface area contributed by atoms with Gasteiger partial charge in [-0.3, -0.25) is 0 Å². The van der Waals surface area contributed by atoms with E-state index in [1.165, 1.54) is 0 Å². The van der Waals surface area contributed by atoms with Crippen LogP contribution in [-0.4, -0.2) is 17.1 Å². The number of aromatic nitrogens is 2. The highest BCUT2D eigenvalue weighted by molar-refractivity contribution is 6.05. The molecule has 0 radical (unpaired) electrons. The Kier molecular flexibility index (Phi) is 4.15. The number of hydrogen-bond donors (Lipinski definition) is 0. The molecule has 4 rings (SSSR count). The van der Waals surface area contributed by atoms with Crippen molar-refractivity contribution in [2.24, 2.45) is 0 Å². The number of fused-ring (bicyclic) bond motifs is 2. The quantitative estimate of drug-likeness (QED) is 0.427. The average Bonchev–Trinajstić information content (AvgIpc) is 2.72. The van der Waals surface area contributed by atoms with Crippen LogP contribution in [0.15, 0.2) is 73.3 Å². The first-order valence-electron chi connectivity index (χ1n) is 9.02. The Morgan fingerprint density at radius 2 is 1.59 bits per heavy atom. The molecule has 0 spiro atoms. The van der Waals surface area contributed by atoms with E-state index >= 15 is 0 Å². The predicted octanol–water partition coefficient (Wildman–Crippen LogP) is 5.92. The fourth-order valence-electron chi connectivity index (χ4n) is 3.31. The molecule has 0 aliphatic rings. The smallest absolute Gasteiger partial charge is 0.139 e. The van der Waals surface area contributed by atoms with Crippen LogP contribution >= 0.6 is 0 Å². The van der Waals surface area contributed by atoms with Gasteiger partial charge in [-0.1, -0.05) is 54.6 Å². The van der Waals surface area contributed by atoms with Crippen molar-refractivity contribution in [3.05, 3.63) is 79.1 Å². The monoisotopic (exact) mass is 354 g/mol. The van der Waals surface area contributed by atoms with E-state index in [4.69, 9.17) is 14.7 Å². The first-order valence-corrected chi connectivity index (χ1v) is 9.02. The second-order valence-electron chi connectivity index (χ2n) is 7.20. The molecule has 1 heterocycles. The fraction of sp³-hybridized carbons (Fsp3) is 0.167. The molecule has 0 saturated carbocycles. The maximum Gasteiger partial charge on any atom is 0.139 e. The van der Waals surface area contributed by atoms with Gasteiger partial charge in [0.2, 0.25) is 0 Å². The van der Waals surface area contributed by atoms with Crippen molar-refractivity contribution in [2.75, 3.05) is 7.11 Å². The summed E-state index contributed by atoms with van der Waals surface area (Å²) < 4.78 is 5.73. The van der Waals surface area contributed by atoms with Crippen LogP contribution in [0.4, 0.5) is 0 Å². The summed E-state index contributed by atoms with van der Waals surface area (Å²) in [6.07, 6.45) is 1.89. The SMILES string of the molecule is C=CC(C)(C)c1nc(-c2c(OC)ccc3ccccc23)c2ccccc2n1. The van der Waals surface area contributed by atoms with Gasteiger partial charge in [0.15, 0.2) is 0 Å². The maximum atomic E-state index is 5.73. The molecule has 0 N–H and O–H groups in total. The van der Waals surface area contributed by atoms with Gasteiger partial charge in [-0.2, -0.15) is 0 Å². The number of rotatable bonds is 4. The molecule has 1 aromatic heterocycles. The van der Waals surface area contributed by atoms with Crippen molar-refractivity contribution in [2.45, 2.75) is 19.3 Å². The van der Waals surface area contributed by atoms with Gasteiger partial charge < -0.3 is 4.74 Å². The molecule has 0 amide bonds. The lowest BCUT2D eigenvalue weighted by atomic mass is 9.91. The molecule has 0 atom stereocenters. The van der Waals surface area contributed by atoms with Gasteiger partial charge in [0.1, 0.15) is 11.6 Å². The summed E-state index contributed by atoms with van der Waals surface area (Å²) in [5.41, 5.74) is 2.47. The number of benzene rings is 3. The molecule has 27 heavy (non-hydrogen) atoms. The van der Waals surface area contributed by atoms with Gasteiger partial charge in [-0.05, 0) is 36.8 Å². The van der Waals surface area contributed by atoms with E-state index < -0.39 is 0 Å². The van der Waals surface area contributed by atoms with E-state index in [0.717, 1.165) is 44.5 Å². The van der Waals surface area contributed by atoms with E-state index in [1.807, 2.05) is 42.5 Å². The van der Waals surface area contributed by atoms with Crippen molar-refractivity contribution in [1.29, 1.82) is 0 Å². The molecule has 0 aliphatic carbocycles. The minimum absolute atomic E-state index is 0.337. The number of methoxy groups -OCH3 is 1. The van der Waals surface area contributed by atoms with Crippen LogP contribution < -0.4 is 4.74 Å². The molecule has 3 aromatic carbocycles. The number of ether oxygens (including phenoxy) is 1. The van der Waals surface area contributed by atoms with E-state index in [2.05, 4.69) is 44.7 Å². The molecule has 3 heteroatoms. The number of allylic oxidation sites excluding steroid dienone is 1. The maximum absolute atomic E-state index is 5.73. The Labute approximate surface area is 159 Å². The van der Waals surface area contributed by atoms with Gasteiger partial charge in [-0.15, -0.1) is 6.58 Å². The summed E-state index contributed by atoms with van der Waals surface area (Å²) in [5, 5.41) is 3.28. The lowest BCUT2D eigenvalue weighted by molar-refractivity contribution is 0.417. The van der Waals surface area contributed by atoms with Crippen LogP contribution in [-0.2, 0) is 5.41 Å². The highest BCUT2D eigenvalue weighted by Crippen LogP contribution is 2.40. The van der Waals surface area contributed by atoms with Crippen LogP contribution in [0.25, 0.3) is 32.9 Å². The molecule has 4 aromatic rings. The van der Waals surface area contributed by atoms with Crippen LogP contribution in [0.3, 0.4) is 0 Å². The summed E-state index contributed by atoms with van der Waals surface area (Å²) in [6, 6.07) is 20.5. The highest BCUT2D eigenvalue weighted by Gasteiger charge is 2.24. The molecule has 0 aliphatic heterocycles. The molecule has 0 fully saturated rings. The Morgan fingerprint density at radius 1 is 0.889 bits per heavy atom. The first-order chi connectivity index (χ1) is 13.0. The third-order valence-corrected chi connectivity index (χ3v) is 5.04. The minimum Gasteiger partial charge on any atom is -0.496 e. The molecular weight excluding hydrogens is 332 g/mol. The lowest BCUT2D eigenvalue weighted by Gasteiger charge is -2.21. The van der Waals surface area contributed by atoms with Crippen LogP contribution in [0, 0.1) is 0 Å². The fourth-order valence-corrected chi connectivity index (χ4v) is 3.31. The zero-order valence-corrected chi connectivity index (χ0v) is 15.9. The zero-order chi connectivity index (χ0) is 19.0. The minimum atomic E-state index is -0.337. The molecule has 0 unspecified atom stereocenters. The summed E-state index contributed by atoms with van der Waals surface area (Å²) >= 11 is 0. The van der Waals surface area contributed by atoms with Crippen molar-refractivity contribution >= 4 is 21.7 Å². The lowest BCUT2D eigenvalue weighted by Crippen LogP contribution is -2.18.